The largest absolute Gasteiger partial charge is 0.350 e. The molecule has 2 aliphatic heterocycles. The summed E-state index contributed by atoms with van der Waals surface area (Å²) in [7, 11) is -4.04. The third-order valence-corrected chi connectivity index (χ3v) is 8.79. The molecule has 0 radical (unpaired) electrons. The van der Waals surface area contributed by atoms with Gasteiger partial charge in [0.25, 0.3) is 5.91 Å². The molecular formula is C23H26FN3O4S2. The average molecular weight is 492 g/mol. The van der Waals surface area contributed by atoms with Gasteiger partial charge in [-0.25, -0.2) is 12.8 Å². The first-order valence-corrected chi connectivity index (χ1v) is 13.5. The van der Waals surface area contributed by atoms with Gasteiger partial charge in [-0.1, -0.05) is 36.8 Å². The van der Waals surface area contributed by atoms with Crippen LogP contribution in [0.5, 0.6) is 0 Å². The molecule has 0 bridgehead atoms. The Kier molecular flexibility index (Phi) is 7.35. The normalized spacial score (nSPS) is 19.4. The Balaban J connectivity index is 1.51. The van der Waals surface area contributed by atoms with Gasteiger partial charge in [-0.05, 0) is 36.6 Å². The van der Waals surface area contributed by atoms with Crippen LogP contribution in [0.15, 0.2) is 53.4 Å². The van der Waals surface area contributed by atoms with Gasteiger partial charge in [0.15, 0.2) is 0 Å². The summed E-state index contributed by atoms with van der Waals surface area (Å²) in [4.78, 5) is 26.9. The molecule has 1 N–H and O–H groups in total. The average Bonchev–Trinajstić information content (AvgIpc) is 3.33. The number of rotatable bonds is 6. The molecule has 2 saturated heterocycles. The number of benzene rings is 2. The fraction of sp³-hybridized carbons (Fsp3) is 0.391. The van der Waals surface area contributed by atoms with Gasteiger partial charge in [0.2, 0.25) is 15.9 Å². The number of hydrogen-bond donors (Lipinski definition) is 1. The lowest BCUT2D eigenvalue weighted by molar-refractivity contribution is -0.124. The maximum absolute atomic E-state index is 14.5. The number of carbonyl (C=O) groups excluding carboxylic acids is 2. The number of amides is 2. The second kappa shape index (κ2) is 10.2. The van der Waals surface area contributed by atoms with Crippen LogP contribution in [0.4, 0.5) is 4.39 Å². The Bertz CT molecular complexity index is 1120. The van der Waals surface area contributed by atoms with Crippen molar-refractivity contribution in [1.29, 1.82) is 0 Å². The summed E-state index contributed by atoms with van der Waals surface area (Å²) in [5, 5.41) is 2.86. The Morgan fingerprint density at radius 1 is 1.06 bits per heavy atom. The molecule has 0 aliphatic carbocycles. The highest BCUT2D eigenvalue weighted by atomic mass is 32.2. The van der Waals surface area contributed by atoms with E-state index in [0.717, 1.165) is 37.0 Å². The van der Waals surface area contributed by atoms with E-state index >= 15 is 0 Å². The van der Waals surface area contributed by atoms with E-state index in [4.69, 9.17) is 0 Å². The van der Waals surface area contributed by atoms with Crippen LogP contribution in [0.3, 0.4) is 0 Å². The van der Waals surface area contributed by atoms with Crippen molar-refractivity contribution in [1.82, 2.24) is 14.5 Å². The molecule has 7 nitrogen and oxygen atoms in total. The summed E-state index contributed by atoms with van der Waals surface area (Å²) in [6, 6.07) is 12.2. The number of sulfonamides is 1. The van der Waals surface area contributed by atoms with E-state index in [2.05, 4.69) is 5.32 Å². The van der Waals surface area contributed by atoms with E-state index in [9.17, 15) is 22.4 Å². The van der Waals surface area contributed by atoms with E-state index in [-0.39, 0.29) is 11.5 Å². The fourth-order valence-corrected chi connectivity index (χ4v) is 6.77. The highest BCUT2D eigenvalue weighted by molar-refractivity contribution is 7.99. The predicted octanol–water partition coefficient (Wildman–Crippen LogP) is 2.83. The van der Waals surface area contributed by atoms with Crippen molar-refractivity contribution in [3.63, 3.8) is 0 Å². The molecule has 2 heterocycles. The topological polar surface area (TPSA) is 86.8 Å². The van der Waals surface area contributed by atoms with Crippen LogP contribution in [-0.4, -0.2) is 60.2 Å². The molecule has 1 atom stereocenters. The number of carbonyl (C=O) groups is 2. The number of nitrogens with one attached hydrogen (secondary N) is 1. The van der Waals surface area contributed by atoms with Gasteiger partial charge in [0.1, 0.15) is 16.8 Å². The lowest BCUT2D eigenvalue weighted by Gasteiger charge is -2.26. The summed E-state index contributed by atoms with van der Waals surface area (Å²) in [6.45, 7) is 1.02. The molecule has 33 heavy (non-hydrogen) atoms. The van der Waals surface area contributed by atoms with Crippen LogP contribution in [0.1, 0.15) is 35.2 Å². The second-order valence-corrected chi connectivity index (χ2v) is 11.0. The summed E-state index contributed by atoms with van der Waals surface area (Å²) in [6.07, 6.45) is 2.39. The quantitative estimate of drug-likeness (QED) is 0.672. The van der Waals surface area contributed by atoms with E-state index in [1.165, 1.54) is 27.0 Å². The van der Waals surface area contributed by atoms with E-state index < -0.39 is 32.7 Å². The Morgan fingerprint density at radius 2 is 1.79 bits per heavy atom. The number of thioether (sulfide) groups is 1. The maximum atomic E-state index is 14.5. The van der Waals surface area contributed by atoms with Gasteiger partial charge >= 0.3 is 0 Å². The van der Waals surface area contributed by atoms with Crippen LogP contribution in [0.2, 0.25) is 0 Å². The van der Waals surface area contributed by atoms with Gasteiger partial charge in [0, 0.05) is 31.0 Å². The van der Waals surface area contributed by atoms with Crippen molar-refractivity contribution in [2.24, 2.45) is 0 Å². The molecule has 0 spiro atoms. The first kappa shape index (κ1) is 23.7. The Labute approximate surface area is 197 Å². The molecule has 10 heteroatoms. The molecule has 2 aromatic carbocycles. The first-order valence-electron chi connectivity index (χ1n) is 10.9. The zero-order chi connectivity index (χ0) is 23.4. The molecule has 2 aliphatic rings. The first-order chi connectivity index (χ1) is 15.9. The van der Waals surface area contributed by atoms with Crippen molar-refractivity contribution in [2.45, 2.75) is 36.7 Å². The second-order valence-electron chi connectivity index (χ2n) is 8.10. The minimum Gasteiger partial charge on any atom is -0.350 e. The van der Waals surface area contributed by atoms with Crippen LogP contribution in [0, 0.1) is 5.82 Å². The summed E-state index contributed by atoms with van der Waals surface area (Å²) < 4.78 is 41.8. The van der Waals surface area contributed by atoms with Crippen molar-refractivity contribution >= 4 is 33.6 Å². The molecular weight excluding hydrogens is 465 g/mol. The van der Waals surface area contributed by atoms with Gasteiger partial charge in [-0.2, -0.15) is 4.31 Å². The Hall–Kier alpha value is -2.43. The van der Waals surface area contributed by atoms with Crippen LogP contribution >= 0.6 is 11.8 Å². The zero-order valence-corrected chi connectivity index (χ0v) is 19.7. The van der Waals surface area contributed by atoms with Crippen LogP contribution < -0.4 is 5.32 Å². The number of hydrogen-bond acceptors (Lipinski definition) is 5. The lowest BCUT2D eigenvalue weighted by atomic mass is 10.1. The number of halogens is 1. The standard InChI is InChI=1S/C23H26FN3O4S2/c24-19-10-9-18(13-21(19)33(30,31)26-11-5-2-6-12-26)23(29)27-16-32-15-20(27)22(28)25-14-17-7-3-1-4-8-17/h1,3-4,7-10,13,20H,2,5-6,11-12,14-16H2,(H,25,28)/t20-/m1/s1. The molecule has 2 aromatic rings. The molecule has 0 aromatic heterocycles. The molecule has 2 fully saturated rings. The highest BCUT2D eigenvalue weighted by Crippen LogP contribution is 2.27. The lowest BCUT2D eigenvalue weighted by Crippen LogP contribution is -2.47. The van der Waals surface area contributed by atoms with Gasteiger partial charge in [-0.15, -0.1) is 11.8 Å². The van der Waals surface area contributed by atoms with E-state index in [1.54, 1.807) is 0 Å². The number of piperidine rings is 1. The summed E-state index contributed by atoms with van der Waals surface area (Å²) in [5.41, 5.74) is 0.996. The van der Waals surface area contributed by atoms with Crippen molar-refractivity contribution in [2.75, 3.05) is 24.7 Å². The number of nitrogens with zero attached hydrogens (tertiary/aromatic N) is 2. The smallest absolute Gasteiger partial charge is 0.255 e. The van der Waals surface area contributed by atoms with Crippen LogP contribution in [0.25, 0.3) is 0 Å². The summed E-state index contributed by atoms with van der Waals surface area (Å²) in [5.74, 6) is -0.916. The minimum absolute atomic E-state index is 0.0512. The molecule has 0 saturated carbocycles. The van der Waals surface area contributed by atoms with Gasteiger partial charge < -0.3 is 10.2 Å². The molecule has 4 rings (SSSR count). The maximum Gasteiger partial charge on any atom is 0.255 e. The zero-order valence-electron chi connectivity index (χ0n) is 18.1. The monoisotopic (exact) mass is 491 g/mol. The summed E-state index contributed by atoms with van der Waals surface area (Å²) >= 11 is 1.44. The Morgan fingerprint density at radius 3 is 2.52 bits per heavy atom. The fourth-order valence-electron chi connectivity index (χ4n) is 4.01. The minimum atomic E-state index is -4.04. The van der Waals surface area contributed by atoms with Crippen molar-refractivity contribution in [3.05, 3.63) is 65.5 Å². The van der Waals surface area contributed by atoms with Gasteiger partial charge in [-0.3, -0.25) is 9.59 Å². The van der Waals surface area contributed by atoms with E-state index in [0.29, 0.717) is 31.3 Å². The van der Waals surface area contributed by atoms with Crippen molar-refractivity contribution < 1.29 is 22.4 Å². The third-order valence-electron chi connectivity index (χ3n) is 5.87. The van der Waals surface area contributed by atoms with E-state index in [1.807, 2.05) is 30.3 Å². The third kappa shape index (κ3) is 5.23. The molecule has 0 unspecified atom stereocenters. The highest BCUT2D eigenvalue weighted by Gasteiger charge is 2.36. The van der Waals surface area contributed by atoms with Crippen molar-refractivity contribution in [3.8, 4) is 0 Å². The molecule has 2 amide bonds. The van der Waals surface area contributed by atoms with Crippen LogP contribution in [-0.2, 0) is 21.4 Å². The van der Waals surface area contributed by atoms with Gasteiger partial charge in [0.05, 0.1) is 5.88 Å². The predicted molar refractivity (Wildman–Crippen MR) is 125 cm³/mol. The SMILES string of the molecule is O=C(NCc1ccccc1)[C@H]1CSCN1C(=O)c1ccc(F)c(S(=O)(=O)N2CCCCC2)c1. The molecule has 176 valence electrons.